The number of amides is 1. The van der Waals surface area contributed by atoms with Crippen molar-refractivity contribution in [2.24, 2.45) is 17.2 Å². The van der Waals surface area contributed by atoms with Crippen molar-refractivity contribution in [3.05, 3.63) is 18.7 Å². The predicted molar refractivity (Wildman–Crippen MR) is 51.8 cm³/mol. The fourth-order valence-electron chi connectivity index (χ4n) is 0.215. The first kappa shape index (κ1) is 13.7. The molecular weight excluding hydrogens is 194 g/mol. The minimum Gasteiger partial charge on any atom is -0.465 e. The van der Waals surface area contributed by atoms with E-state index in [1.165, 1.54) is 0 Å². The summed E-state index contributed by atoms with van der Waals surface area (Å²) in [5.41, 5.74) is 13.3. The van der Waals surface area contributed by atoms with Gasteiger partial charge < -0.3 is 27.3 Å². The van der Waals surface area contributed by atoms with Gasteiger partial charge in [0.25, 0.3) is 0 Å². The number of imidazole rings is 1. The Hall–Kier alpha value is -1.83. The molecule has 7 nitrogen and oxygen atoms in total. The highest BCUT2D eigenvalue weighted by atomic mass is 32.1. The molecule has 0 spiro atoms. The van der Waals surface area contributed by atoms with E-state index in [9.17, 15) is 0 Å². The molecule has 0 radical (unpaired) electrons. The molecule has 0 fully saturated rings. The maximum Gasteiger partial charge on any atom is 0.402 e. The molecule has 13 heavy (non-hydrogen) atoms. The fraction of sp³-hybridized carbons (Fsp3) is 0. The summed E-state index contributed by atoms with van der Waals surface area (Å²) in [6.45, 7) is 0. The number of nitrogens with zero attached hydrogens (tertiary/aromatic N) is 1. The molecule has 1 rings (SSSR count). The van der Waals surface area contributed by atoms with Crippen molar-refractivity contribution < 1.29 is 9.90 Å². The van der Waals surface area contributed by atoms with Crippen LogP contribution in [0.1, 0.15) is 0 Å². The molecule has 0 saturated carbocycles. The standard InChI is InChI=1S/C3H4N2.CH4N2S.CH3NO2/c1-2-5-3-4-1;2*2-1(3)4/h1-3H,(H,4,5);(H4,2,3,4);2H2,(H,3,4). The summed E-state index contributed by atoms with van der Waals surface area (Å²) in [5, 5.41) is 7.19. The van der Waals surface area contributed by atoms with Gasteiger partial charge in [-0.3, -0.25) is 0 Å². The number of thiocarbonyl (C=S) groups is 1. The second kappa shape index (κ2) is 10.2. The topological polar surface area (TPSA) is 144 Å². The summed E-state index contributed by atoms with van der Waals surface area (Å²) < 4.78 is 0. The lowest BCUT2D eigenvalue weighted by Crippen LogP contribution is -2.18. The maximum atomic E-state index is 8.78. The van der Waals surface area contributed by atoms with Crippen LogP contribution in [-0.4, -0.2) is 26.3 Å². The lowest BCUT2D eigenvalue weighted by molar-refractivity contribution is 0.205. The average Bonchev–Trinajstić information content (AvgIpc) is 2.35. The van der Waals surface area contributed by atoms with Crippen molar-refractivity contribution in [1.82, 2.24) is 9.97 Å². The van der Waals surface area contributed by atoms with Crippen LogP contribution in [0.25, 0.3) is 0 Å². The number of nitrogens with two attached hydrogens (primary N) is 3. The third kappa shape index (κ3) is 67.6. The lowest BCUT2D eigenvalue weighted by atomic mass is 11.0. The summed E-state index contributed by atoms with van der Waals surface area (Å²) in [5.74, 6) is 0. The summed E-state index contributed by atoms with van der Waals surface area (Å²) in [4.78, 5) is 15.2. The zero-order valence-corrected chi connectivity index (χ0v) is 7.49. The Morgan fingerprint density at radius 1 is 1.46 bits per heavy atom. The van der Waals surface area contributed by atoms with E-state index >= 15 is 0 Å². The molecule has 0 bridgehead atoms. The summed E-state index contributed by atoms with van der Waals surface area (Å²) in [6.07, 6.45) is 3.75. The fourth-order valence-corrected chi connectivity index (χ4v) is 0.215. The molecule has 1 aromatic heterocycles. The number of aromatic nitrogens is 2. The molecule has 8 N–H and O–H groups in total. The van der Waals surface area contributed by atoms with Gasteiger partial charge in [0.05, 0.1) is 6.33 Å². The molecule has 0 saturated heterocycles. The number of rotatable bonds is 0. The largest absolute Gasteiger partial charge is 0.465 e. The Kier molecular flexibility index (Phi) is 10.7. The van der Waals surface area contributed by atoms with Gasteiger partial charge in [0.1, 0.15) is 0 Å². The molecule has 0 unspecified atom stereocenters. The molecule has 0 aliphatic rings. The highest BCUT2D eigenvalue weighted by Gasteiger charge is 1.65. The monoisotopic (exact) mass is 205 g/mol. The second-order valence-electron chi connectivity index (χ2n) is 1.50. The normalized spacial score (nSPS) is 6.77. The zero-order chi connectivity index (χ0) is 10.7. The molecule has 0 aromatic carbocycles. The van der Waals surface area contributed by atoms with E-state index in [1.54, 1.807) is 18.7 Å². The van der Waals surface area contributed by atoms with Gasteiger partial charge in [0.2, 0.25) is 0 Å². The van der Waals surface area contributed by atoms with Crippen molar-refractivity contribution in [1.29, 1.82) is 0 Å². The third-order valence-corrected chi connectivity index (χ3v) is 0.406. The molecule has 1 amide bonds. The van der Waals surface area contributed by atoms with E-state index in [2.05, 4.69) is 39.4 Å². The molecule has 1 heterocycles. The average molecular weight is 205 g/mol. The first-order valence-corrected chi connectivity index (χ1v) is 3.33. The van der Waals surface area contributed by atoms with E-state index < -0.39 is 6.09 Å². The van der Waals surface area contributed by atoms with Gasteiger partial charge in [-0.15, -0.1) is 0 Å². The molecule has 0 atom stereocenters. The lowest BCUT2D eigenvalue weighted by Gasteiger charge is -1.68. The van der Waals surface area contributed by atoms with Gasteiger partial charge in [0.15, 0.2) is 5.11 Å². The first-order chi connectivity index (χ1) is 5.96. The number of aromatic amines is 1. The van der Waals surface area contributed by atoms with Crippen molar-refractivity contribution in [2.75, 3.05) is 0 Å². The number of primary amides is 1. The summed E-state index contributed by atoms with van der Waals surface area (Å²) in [6, 6.07) is 0. The Morgan fingerprint density at radius 2 is 1.85 bits per heavy atom. The Bertz CT molecular complexity index is 188. The minimum absolute atomic E-state index is 0.000000000000000222. The Labute approximate surface area is 79.9 Å². The van der Waals surface area contributed by atoms with Gasteiger partial charge in [-0.25, -0.2) is 9.78 Å². The van der Waals surface area contributed by atoms with Crippen LogP contribution in [0.4, 0.5) is 4.79 Å². The van der Waals surface area contributed by atoms with Gasteiger partial charge >= 0.3 is 6.09 Å². The van der Waals surface area contributed by atoms with Crippen LogP contribution in [0.3, 0.4) is 0 Å². The first-order valence-electron chi connectivity index (χ1n) is 2.92. The maximum absolute atomic E-state index is 8.78. The van der Waals surface area contributed by atoms with Gasteiger partial charge in [-0.05, 0) is 12.2 Å². The van der Waals surface area contributed by atoms with Crippen LogP contribution in [0.5, 0.6) is 0 Å². The van der Waals surface area contributed by atoms with Crippen molar-refractivity contribution in [3.8, 4) is 0 Å². The number of carboxylic acid groups (broad SMARTS) is 1. The Morgan fingerprint density at radius 3 is 1.92 bits per heavy atom. The number of hydrogen-bond acceptors (Lipinski definition) is 3. The SMILES string of the molecule is NC(=O)O.NC(N)=S.c1c[nH]cn1. The van der Waals surface area contributed by atoms with Gasteiger partial charge in [-0.2, -0.15) is 0 Å². The van der Waals surface area contributed by atoms with Crippen molar-refractivity contribution in [2.45, 2.75) is 0 Å². The molecular formula is C5H11N5O2S. The van der Waals surface area contributed by atoms with Crippen LogP contribution >= 0.6 is 12.2 Å². The number of nitrogens with one attached hydrogen (secondary N) is 1. The number of carbonyl (C=O) groups is 1. The smallest absolute Gasteiger partial charge is 0.402 e. The van der Waals surface area contributed by atoms with Crippen LogP contribution in [0.2, 0.25) is 0 Å². The van der Waals surface area contributed by atoms with Crippen LogP contribution in [0.15, 0.2) is 18.7 Å². The zero-order valence-electron chi connectivity index (χ0n) is 6.68. The van der Waals surface area contributed by atoms with Crippen molar-refractivity contribution in [3.63, 3.8) is 0 Å². The molecule has 74 valence electrons. The van der Waals surface area contributed by atoms with Crippen LogP contribution in [-0.2, 0) is 0 Å². The summed E-state index contributed by atoms with van der Waals surface area (Å²) >= 11 is 4.09. The van der Waals surface area contributed by atoms with Crippen molar-refractivity contribution >= 4 is 23.4 Å². The predicted octanol–water partition coefficient (Wildman–Crippen LogP) is -0.778. The molecule has 0 aliphatic heterocycles. The number of hydrogen-bond donors (Lipinski definition) is 5. The Balaban J connectivity index is 0. The third-order valence-electron chi connectivity index (χ3n) is 0.406. The minimum atomic E-state index is -1.33. The van der Waals surface area contributed by atoms with E-state index in [1.807, 2.05) is 0 Å². The van der Waals surface area contributed by atoms with E-state index in [0.717, 1.165) is 0 Å². The highest BCUT2D eigenvalue weighted by molar-refractivity contribution is 7.80. The molecule has 0 aliphatic carbocycles. The van der Waals surface area contributed by atoms with E-state index in [-0.39, 0.29) is 5.11 Å². The van der Waals surface area contributed by atoms with Gasteiger partial charge in [-0.1, -0.05) is 0 Å². The quantitative estimate of drug-likeness (QED) is 0.351. The van der Waals surface area contributed by atoms with Crippen LogP contribution < -0.4 is 17.2 Å². The molecule has 1 aromatic rings. The molecule has 8 heteroatoms. The van der Waals surface area contributed by atoms with Crippen LogP contribution in [0, 0.1) is 0 Å². The van der Waals surface area contributed by atoms with Gasteiger partial charge in [0, 0.05) is 12.4 Å². The van der Waals surface area contributed by atoms with E-state index in [4.69, 9.17) is 9.90 Å². The second-order valence-corrected chi connectivity index (χ2v) is 1.97. The van der Waals surface area contributed by atoms with E-state index in [0.29, 0.717) is 0 Å². The highest BCUT2D eigenvalue weighted by Crippen LogP contribution is 1.62. The summed E-state index contributed by atoms with van der Waals surface area (Å²) in [7, 11) is 0. The number of H-pyrrole nitrogens is 1.